The first-order valence-corrected chi connectivity index (χ1v) is 9.50. The highest BCUT2D eigenvalue weighted by Crippen LogP contribution is 2.26. The Labute approximate surface area is 177 Å². The standard InChI is InChI=1S/C18H16Cl3N3O2S/c1-2-3-16(25)22-13-4-5-14(21)15(9-13)23-18(27)24-17(26)10-6-11(19)8-12(20)7-10/h4-9H,2-3H2,1H3,(H,22,25)(H2,23,24,26,27). The van der Waals surface area contributed by atoms with E-state index in [4.69, 9.17) is 47.0 Å². The molecule has 0 saturated carbocycles. The van der Waals surface area contributed by atoms with Crippen LogP contribution in [-0.4, -0.2) is 16.9 Å². The molecule has 0 atom stereocenters. The maximum absolute atomic E-state index is 12.3. The van der Waals surface area contributed by atoms with E-state index in [-0.39, 0.29) is 16.6 Å². The van der Waals surface area contributed by atoms with E-state index in [1.165, 1.54) is 18.2 Å². The van der Waals surface area contributed by atoms with Gasteiger partial charge in [-0.2, -0.15) is 0 Å². The van der Waals surface area contributed by atoms with Gasteiger partial charge >= 0.3 is 0 Å². The molecule has 27 heavy (non-hydrogen) atoms. The lowest BCUT2D eigenvalue weighted by molar-refractivity contribution is -0.116. The van der Waals surface area contributed by atoms with Gasteiger partial charge in [-0.15, -0.1) is 0 Å². The summed E-state index contributed by atoms with van der Waals surface area (Å²) in [4.78, 5) is 24.0. The van der Waals surface area contributed by atoms with Crippen molar-refractivity contribution in [2.45, 2.75) is 19.8 Å². The number of halogens is 3. The van der Waals surface area contributed by atoms with E-state index in [0.717, 1.165) is 6.42 Å². The third-order valence-corrected chi connectivity index (χ3v) is 4.30. The molecular formula is C18H16Cl3N3O2S. The highest BCUT2D eigenvalue weighted by molar-refractivity contribution is 7.80. The Balaban J connectivity index is 2.06. The van der Waals surface area contributed by atoms with E-state index in [9.17, 15) is 9.59 Å². The van der Waals surface area contributed by atoms with Gasteiger partial charge in [0.25, 0.3) is 5.91 Å². The van der Waals surface area contributed by atoms with Gasteiger partial charge in [0.1, 0.15) is 0 Å². The van der Waals surface area contributed by atoms with Crippen molar-refractivity contribution in [3.05, 3.63) is 57.0 Å². The molecule has 0 fully saturated rings. The molecule has 3 N–H and O–H groups in total. The quantitative estimate of drug-likeness (QED) is 0.532. The summed E-state index contributed by atoms with van der Waals surface area (Å²) in [5.41, 5.74) is 1.28. The number of thiocarbonyl (C=S) groups is 1. The van der Waals surface area contributed by atoms with Gasteiger partial charge in [-0.25, -0.2) is 0 Å². The Morgan fingerprint density at radius 2 is 1.67 bits per heavy atom. The van der Waals surface area contributed by atoms with Gasteiger partial charge in [0.15, 0.2) is 5.11 Å². The summed E-state index contributed by atoms with van der Waals surface area (Å²) in [7, 11) is 0. The SMILES string of the molecule is CCCC(=O)Nc1ccc(Cl)c(NC(=S)NC(=O)c2cc(Cl)cc(Cl)c2)c1. The second-order valence-corrected chi connectivity index (χ2v) is 7.25. The van der Waals surface area contributed by atoms with Gasteiger partial charge in [0, 0.05) is 27.7 Å². The fourth-order valence-electron chi connectivity index (χ4n) is 2.16. The fraction of sp³-hybridized carbons (Fsp3) is 0.167. The largest absolute Gasteiger partial charge is 0.331 e. The molecule has 0 radical (unpaired) electrons. The normalized spacial score (nSPS) is 10.2. The Morgan fingerprint density at radius 1 is 1.00 bits per heavy atom. The third kappa shape index (κ3) is 6.66. The van der Waals surface area contributed by atoms with Crippen molar-refractivity contribution < 1.29 is 9.59 Å². The third-order valence-electron chi connectivity index (χ3n) is 3.33. The summed E-state index contributed by atoms with van der Waals surface area (Å²) in [6.45, 7) is 1.92. The second kappa shape index (κ2) is 9.90. The van der Waals surface area contributed by atoms with Crippen molar-refractivity contribution in [3.8, 4) is 0 Å². The number of rotatable bonds is 5. The lowest BCUT2D eigenvalue weighted by atomic mass is 10.2. The number of hydrogen-bond acceptors (Lipinski definition) is 3. The van der Waals surface area contributed by atoms with Crippen LogP contribution in [0.2, 0.25) is 15.1 Å². The molecule has 2 rings (SSSR count). The van der Waals surface area contributed by atoms with Gasteiger partial charge in [-0.05, 0) is 55.0 Å². The molecule has 9 heteroatoms. The van der Waals surface area contributed by atoms with Crippen LogP contribution in [0.1, 0.15) is 30.1 Å². The summed E-state index contributed by atoms with van der Waals surface area (Å²) >= 11 is 23.1. The molecule has 0 unspecified atom stereocenters. The van der Waals surface area contributed by atoms with Crippen LogP contribution in [0.3, 0.4) is 0 Å². The minimum Gasteiger partial charge on any atom is -0.331 e. The minimum atomic E-state index is -0.472. The maximum Gasteiger partial charge on any atom is 0.257 e. The summed E-state index contributed by atoms with van der Waals surface area (Å²) in [5.74, 6) is -0.570. The number of benzene rings is 2. The Bertz CT molecular complexity index is 870. The van der Waals surface area contributed by atoms with Crippen molar-refractivity contribution in [2.75, 3.05) is 10.6 Å². The van der Waals surface area contributed by atoms with Crippen LogP contribution >= 0.6 is 47.0 Å². The summed E-state index contributed by atoms with van der Waals surface area (Å²) < 4.78 is 0. The molecule has 0 aliphatic rings. The topological polar surface area (TPSA) is 70.2 Å². The zero-order valence-corrected chi connectivity index (χ0v) is 17.3. The molecule has 0 saturated heterocycles. The van der Waals surface area contributed by atoms with Crippen LogP contribution in [0, 0.1) is 0 Å². The van der Waals surface area contributed by atoms with Crippen LogP contribution in [0.5, 0.6) is 0 Å². The Kier molecular flexibility index (Phi) is 7.86. The number of carbonyl (C=O) groups excluding carboxylic acids is 2. The van der Waals surface area contributed by atoms with E-state index in [2.05, 4.69) is 16.0 Å². The van der Waals surface area contributed by atoms with Crippen molar-refractivity contribution in [2.24, 2.45) is 0 Å². The van der Waals surface area contributed by atoms with Gasteiger partial charge in [-0.3, -0.25) is 14.9 Å². The van der Waals surface area contributed by atoms with Crippen LogP contribution < -0.4 is 16.0 Å². The number of hydrogen-bond donors (Lipinski definition) is 3. The maximum atomic E-state index is 12.3. The van der Waals surface area contributed by atoms with E-state index in [1.807, 2.05) is 6.92 Å². The second-order valence-electron chi connectivity index (χ2n) is 5.56. The number of amides is 2. The van der Waals surface area contributed by atoms with Crippen molar-refractivity contribution in [1.29, 1.82) is 0 Å². The molecule has 2 amide bonds. The predicted octanol–water partition coefficient (Wildman–Crippen LogP) is 5.51. The van der Waals surface area contributed by atoms with Gasteiger partial charge in [-0.1, -0.05) is 41.7 Å². The first kappa shape index (κ1) is 21.4. The molecule has 2 aromatic carbocycles. The molecule has 0 bridgehead atoms. The molecular weight excluding hydrogens is 429 g/mol. The zero-order valence-electron chi connectivity index (χ0n) is 14.2. The van der Waals surface area contributed by atoms with Crippen LogP contribution in [0.15, 0.2) is 36.4 Å². The van der Waals surface area contributed by atoms with Crippen LogP contribution in [0.4, 0.5) is 11.4 Å². The average Bonchev–Trinajstić information content (AvgIpc) is 2.57. The Morgan fingerprint density at radius 3 is 2.30 bits per heavy atom. The van der Waals surface area contributed by atoms with E-state index in [0.29, 0.717) is 32.9 Å². The smallest absolute Gasteiger partial charge is 0.257 e. The van der Waals surface area contributed by atoms with E-state index >= 15 is 0 Å². The summed E-state index contributed by atoms with van der Waals surface area (Å²) in [6.07, 6.45) is 1.16. The molecule has 0 aliphatic heterocycles. The number of anilines is 2. The van der Waals surface area contributed by atoms with Crippen LogP contribution in [-0.2, 0) is 4.79 Å². The summed E-state index contributed by atoms with van der Waals surface area (Å²) in [6, 6.07) is 9.40. The van der Waals surface area contributed by atoms with E-state index < -0.39 is 5.91 Å². The van der Waals surface area contributed by atoms with Crippen molar-refractivity contribution in [1.82, 2.24) is 5.32 Å². The molecule has 0 aromatic heterocycles. The molecule has 142 valence electrons. The molecule has 0 spiro atoms. The van der Waals surface area contributed by atoms with Gasteiger partial charge in [0.05, 0.1) is 10.7 Å². The van der Waals surface area contributed by atoms with Crippen molar-refractivity contribution in [3.63, 3.8) is 0 Å². The highest BCUT2D eigenvalue weighted by Gasteiger charge is 2.12. The van der Waals surface area contributed by atoms with Crippen LogP contribution in [0.25, 0.3) is 0 Å². The first-order chi connectivity index (χ1) is 12.8. The van der Waals surface area contributed by atoms with Gasteiger partial charge in [0.2, 0.25) is 5.91 Å². The van der Waals surface area contributed by atoms with E-state index in [1.54, 1.807) is 18.2 Å². The Hall–Kier alpha value is -1.86. The van der Waals surface area contributed by atoms with Crippen molar-refractivity contribution >= 4 is 75.3 Å². The minimum absolute atomic E-state index is 0.0371. The average molecular weight is 445 g/mol. The lowest BCUT2D eigenvalue weighted by Gasteiger charge is -2.13. The number of nitrogens with one attached hydrogen (secondary N) is 3. The first-order valence-electron chi connectivity index (χ1n) is 7.96. The fourth-order valence-corrected chi connectivity index (χ4v) is 3.06. The van der Waals surface area contributed by atoms with Gasteiger partial charge < -0.3 is 10.6 Å². The molecule has 2 aromatic rings. The highest BCUT2D eigenvalue weighted by atomic mass is 35.5. The molecule has 5 nitrogen and oxygen atoms in total. The monoisotopic (exact) mass is 443 g/mol. The zero-order chi connectivity index (χ0) is 20.0. The molecule has 0 heterocycles. The number of carbonyl (C=O) groups is 2. The predicted molar refractivity (Wildman–Crippen MR) is 115 cm³/mol. The molecule has 0 aliphatic carbocycles. The lowest BCUT2D eigenvalue weighted by Crippen LogP contribution is -2.34. The summed E-state index contributed by atoms with van der Waals surface area (Å²) in [5, 5.41) is 9.22.